The maximum absolute atomic E-state index is 6.14. The fourth-order valence-corrected chi connectivity index (χ4v) is 3.15. The van der Waals surface area contributed by atoms with Crippen LogP contribution >= 0.6 is 22.9 Å². The van der Waals surface area contributed by atoms with Gasteiger partial charge in [-0.1, -0.05) is 29.0 Å². The second-order valence-electron chi connectivity index (χ2n) is 4.62. The topological polar surface area (TPSA) is 34.1 Å². The van der Waals surface area contributed by atoms with Crippen molar-refractivity contribution in [2.24, 2.45) is 0 Å². The van der Waals surface area contributed by atoms with Crippen LogP contribution < -0.4 is 10.1 Å². The minimum absolute atomic E-state index is 0.664. The molecule has 108 valence electrons. The molecule has 0 aliphatic carbocycles. The molecular formula is C16H15ClN2OS. The third-order valence-electron chi connectivity index (χ3n) is 3.18. The maximum atomic E-state index is 6.14. The predicted octanol–water partition coefficient (Wildman–Crippen LogP) is 5.40. The van der Waals surface area contributed by atoms with Crippen molar-refractivity contribution in [3.63, 3.8) is 0 Å². The van der Waals surface area contributed by atoms with Crippen LogP contribution in [0, 0.1) is 6.92 Å². The molecule has 0 bridgehead atoms. The molecule has 0 aliphatic heterocycles. The SMILES string of the molecule is CCOc1ccc2nc(Nc3cccc(Cl)c3C)sc2c1. The molecule has 2 aromatic carbocycles. The van der Waals surface area contributed by atoms with Crippen molar-refractivity contribution in [1.82, 2.24) is 4.98 Å². The zero-order chi connectivity index (χ0) is 14.8. The summed E-state index contributed by atoms with van der Waals surface area (Å²) in [5.74, 6) is 0.874. The van der Waals surface area contributed by atoms with Gasteiger partial charge in [0.2, 0.25) is 0 Å². The Morgan fingerprint density at radius 3 is 2.95 bits per heavy atom. The van der Waals surface area contributed by atoms with E-state index in [0.717, 1.165) is 37.4 Å². The van der Waals surface area contributed by atoms with Crippen LogP contribution in [0.25, 0.3) is 10.2 Å². The average Bonchev–Trinajstić information content (AvgIpc) is 2.86. The lowest BCUT2D eigenvalue weighted by atomic mass is 10.2. The minimum Gasteiger partial charge on any atom is -0.494 e. The number of hydrogen-bond acceptors (Lipinski definition) is 4. The highest BCUT2D eigenvalue weighted by Gasteiger charge is 2.08. The number of nitrogens with one attached hydrogen (secondary N) is 1. The van der Waals surface area contributed by atoms with Gasteiger partial charge in [0.1, 0.15) is 5.75 Å². The molecule has 0 saturated heterocycles. The van der Waals surface area contributed by atoms with Gasteiger partial charge in [-0.05, 0) is 49.7 Å². The van der Waals surface area contributed by atoms with E-state index in [2.05, 4.69) is 10.3 Å². The van der Waals surface area contributed by atoms with Crippen molar-refractivity contribution < 1.29 is 4.74 Å². The van der Waals surface area contributed by atoms with Crippen LogP contribution in [0.4, 0.5) is 10.8 Å². The van der Waals surface area contributed by atoms with Crippen molar-refractivity contribution in [3.05, 3.63) is 47.0 Å². The van der Waals surface area contributed by atoms with E-state index in [1.165, 1.54) is 0 Å². The molecule has 1 aromatic heterocycles. The summed E-state index contributed by atoms with van der Waals surface area (Å²) in [4.78, 5) is 4.59. The Morgan fingerprint density at radius 1 is 1.29 bits per heavy atom. The highest BCUT2D eigenvalue weighted by molar-refractivity contribution is 7.22. The molecule has 0 spiro atoms. The molecule has 5 heteroatoms. The number of anilines is 2. The molecule has 0 aliphatic rings. The molecule has 0 amide bonds. The number of rotatable bonds is 4. The molecule has 0 saturated carbocycles. The van der Waals surface area contributed by atoms with Crippen molar-refractivity contribution in [3.8, 4) is 5.75 Å². The zero-order valence-electron chi connectivity index (χ0n) is 11.8. The van der Waals surface area contributed by atoms with E-state index in [-0.39, 0.29) is 0 Å². The molecule has 21 heavy (non-hydrogen) atoms. The highest BCUT2D eigenvalue weighted by Crippen LogP contribution is 2.32. The summed E-state index contributed by atoms with van der Waals surface area (Å²) in [6, 6.07) is 11.8. The summed E-state index contributed by atoms with van der Waals surface area (Å²) in [5, 5.41) is 4.94. The third kappa shape index (κ3) is 2.96. The summed E-state index contributed by atoms with van der Waals surface area (Å²) in [7, 11) is 0. The van der Waals surface area contributed by atoms with Crippen molar-refractivity contribution in [2.45, 2.75) is 13.8 Å². The largest absolute Gasteiger partial charge is 0.494 e. The number of aromatic nitrogens is 1. The Hall–Kier alpha value is -1.78. The number of thiazole rings is 1. The minimum atomic E-state index is 0.664. The lowest BCUT2D eigenvalue weighted by molar-refractivity contribution is 0.341. The van der Waals surface area contributed by atoms with Gasteiger partial charge < -0.3 is 10.1 Å². The summed E-state index contributed by atoms with van der Waals surface area (Å²) in [6.07, 6.45) is 0. The van der Waals surface area contributed by atoms with E-state index in [4.69, 9.17) is 16.3 Å². The Bertz CT molecular complexity index is 785. The van der Waals surface area contributed by atoms with Gasteiger partial charge in [0.15, 0.2) is 5.13 Å². The van der Waals surface area contributed by atoms with Crippen LogP contribution in [0.2, 0.25) is 5.02 Å². The smallest absolute Gasteiger partial charge is 0.188 e. The predicted molar refractivity (Wildman–Crippen MR) is 90.3 cm³/mol. The Kier molecular flexibility index (Phi) is 3.99. The van der Waals surface area contributed by atoms with Crippen molar-refractivity contribution in [1.29, 1.82) is 0 Å². The summed E-state index contributed by atoms with van der Waals surface area (Å²) >= 11 is 7.74. The summed E-state index contributed by atoms with van der Waals surface area (Å²) in [6.45, 7) is 4.63. The van der Waals surface area contributed by atoms with Gasteiger partial charge in [0.05, 0.1) is 16.8 Å². The van der Waals surface area contributed by atoms with Crippen molar-refractivity contribution >= 4 is 44.0 Å². The monoisotopic (exact) mass is 318 g/mol. The van der Waals surface area contributed by atoms with Crippen molar-refractivity contribution in [2.75, 3.05) is 11.9 Å². The first-order valence-electron chi connectivity index (χ1n) is 6.73. The average molecular weight is 319 g/mol. The van der Waals surface area contributed by atoms with Crippen LogP contribution in [0.15, 0.2) is 36.4 Å². The molecule has 0 fully saturated rings. The lowest BCUT2D eigenvalue weighted by Crippen LogP contribution is -1.92. The number of halogens is 1. The number of ether oxygens (including phenoxy) is 1. The standard InChI is InChI=1S/C16H15ClN2OS/c1-3-20-11-7-8-14-15(9-11)21-16(19-14)18-13-6-4-5-12(17)10(13)2/h4-9H,3H2,1-2H3,(H,18,19). The number of benzene rings is 2. The molecule has 3 aromatic rings. The lowest BCUT2D eigenvalue weighted by Gasteiger charge is -2.07. The molecule has 0 unspecified atom stereocenters. The van der Waals surface area contributed by atoms with Crippen LogP contribution in [-0.2, 0) is 0 Å². The number of fused-ring (bicyclic) bond motifs is 1. The van der Waals surface area contributed by atoms with Crippen LogP contribution in [-0.4, -0.2) is 11.6 Å². The van der Waals surface area contributed by atoms with Crippen LogP contribution in [0.5, 0.6) is 5.75 Å². The first-order valence-corrected chi connectivity index (χ1v) is 7.92. The zero-order valence-corrected chi connectivity index (χ0v) is 13.4. The first-order chi connectivity index (χ1) is 10.2. The van der Waals surface area contributed by atoms with E-state index >= 15 is 0 Å². The van der Waals surface area contributed by atoms with E-state index in [9.17, 15) is 0 Å². The molecule has 0 atom stereocenters. The van der Waals surface area contributed by atoms with E-state index < -0.39 is 0 Å². The fraction of sp³-hybridized carbons (Fsp3) is 0.188. The molecule has 1 heterocycles. The maximum Gasteiger partial charge on any atom is 0.188 e. The summed E-state index contributed by atoms with van der Waals surface area (Å²) < 4.78 is 6.62. The van der Waals surface area contributed by atoms with Gasteiger partial charge >= 0.3 is 0 Å². The number of hydrogen-bond donors (Lipinski definition) is 1. The first kappa shape index (κ1) is 14.2. The molecule has 3 rings (SSSR count). The van der Waals surface area contributed by atoms with Crippen LogP contribution in [0.3, 0.4) is 0 Å². The second kappa shape index (κ2) is 5.92. The summed E-state index contributed by atoms with van der Waals surface area (Å²) in [5.41, 5.74) is 2.96. The second-order valence-corrected chi connectivity index (χ2v) is 6.06. The van der Waals surface area contributed by atoms with Gasteiger partial charge in [-0.25, -0.2) is 4.98 Å². The van der Waals surface area contributed by atoms with Crippen LogP contribution in [0.1, 0.15) is 12.5 Å². The molecule has 0 radical (unpaired) electrons. The Labute approximate surface area is 132 Å². The molecular weight excluding hydrogens is 304 g/mol. The third-order valence-corrected chi connectivity index (χ3v) is 4.52. The molecule has 3 nitrogen and oxygen atoms in total. The van der Waals surface area contributed by atoms with E-state index in [1.807, 2.05) is 50.2 Å². The van der Waals surface area contributed by atoms with Gasteiger partial charge in [-0.2, -0.15) is 0 Å². The fourth-order valence-electron chi connectivity index (χ4n) is 2.07. The number of nitrogens with zero attached hydrogens (tertiary/aromatic N) is 1. The van der Waals surface area contributed by atoms with E-state index in [1.54, 1.807) is 11.3 Å². The normalized spacial score (nSPS) is 10.8. The Balaban J connectivity index is 1.92. The van der Waals surface area contributed by atoms with Gasteiger partial charge in [-0.15, -0.1) is 0 Å². The highest BCUT2D eigenvalue weighted by atomic mass is 35.5. The van der Waals surface area contributed by atoms with E-state index in [0.29, 0.717) is 6.61 Å². The van der Waals surface area contributed by atoms with Gasteiger partial charge in [-0.3, -0.25) is 0 Å². The molecule has 1 N–H and O–H groups in total. The van der Waals surface area contributed by atoms with Gasteiger partial charge in [0.25, 0.3) is 0 Å². The van der Waals surface area contributed by atoms with Gasteiger partial charge in [0, 0.05) is 10.7 Å². The Morgan fingerprint density at radius 2 is 2.14 bits per heavy atom. The quantitative estimate of drug-likeness (QED) is 0.699.